The second kappa shape index (κ2) is 9.87. The molecule has 2 heterocycles. The summed E-state index contributed by atoms with van der Waals surface area (Å²) in [6.45, 7) is -0.600. The van der Waals surface area contributed by atoms with Crippen LogP contribution in [0.15, 0.2) is 51.7 Å². The number of hydrogen-bond acceptors (Lipinski definition) is 11. The molecule has 0 spiro atoms. The molecule has 3 aromatic rings. The Hall–Kier alpha value is -3.35. The standard InChI is InChI=1S/C23H24O11/c1-30-12-4-2-11(3-5-12)10-31-21-17(25)14-7-6-13(8-15(14)33-22(21)29)32-23-20(28)19(27)18(26)16(9-24)34-23/h2-8,16,18-20,23-28H,9-10H2,1H3/t16-,18-,19+,20+,23+/m1/s1. The fourth-order valence-electron chi connectivity index (χ4n) is 3.52. The minimum absolute atomic E-state index is 0.00608. The summed E-state index contributed by atoms with van der Waals surface area (Å²) >= 11 is 0. The zero-order valence-corrected chi connectivity index (χ0v) is 18.0. The second-order valence-electron chi connectivity index (χ2n) is 7.68. The van der Waals surface area contributed by atoms with Crippen molar-refractivity contribution in [3.63, 3.8) is 0 Å². The highest BCUT2D eigenvalue weighted by Crippen LogP contribution is 2.34. The van der Waals surface area contributed by atoms with E-state index in [4.69, 9.17) is 23.4 Å². The number of hydrogen-bond donors (Lipinski definition) is 5. The molecule has 1 fully saturated rings. The molecule has 1 aromatic heterocycles. The first-order chi connectivity index (χ1) is 16.3. The van der Waals surface area contributed by atoms with Crippen molar-refractivity contribution in [1.29, 1.82) is 0 Å². The monoisotopic (exact) mass is 476 g/mol. The average Bonchev–Trinajstić information content (AvgIpc) is 2.84. The Balaban J connectivity index is 1.53. The number of rotatable bonds is 7. The molecule has 182 valence electrons. The quantitative estimate of drug-likeness (QED) is 0.297. The molecule has 2 aromatic carbocycles. The molecule has 1 aliphatic rings. The van der Waals surface area contributed by atoms with E-state index in [0.717, 1.165) is 5.56 Å². The Morgan fingerprint density at radius 3 is 2.35 bits per heavy atom. The molecule has 0 aliphatic carbocycles. The summed E-state index contributed by atoms with van der Waals surface area (Å²) in [5.41, 5.74) is -0.201. The van der Waals surface area contributed by atoms with E-state index in [1.807, 2.05) is 0 Å². The minimum Gasteiger partial charge on any atom is -0.504 e. The molecule has 5 N–H and O–H groups in total. The van der Waals surface area contributed by atoms with E-state index in [-0.39, 0.29) is 29.1 Å². The van der Waals surface area contributed by atoms with Crippen molar-refractivity contribution in [1.82, 2.24) is 0 Å². The van der Waals surface area contributed by atoms with Gasteiger partial charge in [0.05, 0.1) is 19.1 Å². The van der Waals surface area contributed by atoms with Crippen molar-refractivity contribution in [3.8, 4) is 23.0 Å². The number of ether oxygens (including phenoxy) is 4. The molecule has 11 heteroatoms. The van der Waals surface area contributed by atoms with E-state index in [0.29, 0.717) is 5.75 Å². The highest BCUT2D eigenvalue weighted by Gasteiger charge is 2.44. The van der Waals surface area contributed by atoms with Gasteiger partial charge in [0, 0.05) is 6.07 Å². The van der Waals surface area contributed by atoms with Gasteiger partial charge in [-0.3, -0.25) is 0 Å². The van der Waals surface area contributed by atoms with Crippen molar-refractivity contribution < 1.29 is 48.9 Å². The van der Waals surface area contributed by atoms with Gasteiger partial charge in [-0.05, 0) is 29.8 Å². The number of methoxy groups -OCH3 is 1. The topological polar surface area (TPSA) is 168 Å². The fraction of sp³-hybridized carbons (Fsp3) is 0.348. The number of benzene rings is 2. The maximum Gasteiger partial charge on any atom is 0.383 e. The lowest BCUT2D eigenvalue weighted by molar-refractivity contribution is -0.277. The van der Waals surface area contributed by atoms with Crippen LogP contribution in [-0.2, 0) is 11.3 Å². The molecule has 1 saturated heterocycles. The van der Waals surface area contributed by atoms with Crippen LogP contribution < -0.4 is 19.8 Å². The molecule has 0 bridgehead atoms. The van der Waals surface area contributed by atoms with Gasteiger partial charge in [0.25, 0.3) is 0 Å². The summed E-state index contributed by atoms with van der Waals surface area (Å²) in [4.78, 5) is 12.4. The molecular formula is C23H24O11. The van der Waals surface area contributed by atoms with Crippen LogP contribution in [0.25, 0.3) is 11.0 Å². The fourth-order valence-corrected chi connectivity index (χ4v) is 3.52. The summed E-state index contributed by atoms with van der Waals surface area (Å²) in [5, 5.41) is 49.9. The molecule has 1 aliphatic heterocycles. The van der Waals surface area contributed by atoms with Crippen molar-refractivity contribution in [2.24, 2.45) is 0 Å². The third-order valence-electron chi connectivity index (χ3n) is 5.45. The van der Waals surface area contributed by atoms with Gasteiger partial charge < -0.3 is 48.9 Å². The second-order valence-corrected chi connectivity index (χ2v) is 7.68. The summed E-state index contributed by atoms with van der Waals surface area (Å²) in [5.74, 6) is -0.0325. The molecule has 0 unspecified atom stereocenters. The van der Waals surface area contributed by atoms with Gasteiger partial charge in [-0.1, -0.05) is 12.1 Å². The van der Waals surface area contributed by atoms with E-state index in [9.17, 15) is 30.3 Å². The summed E-state index contributed by atoms with van der Waals surface area (Å²) in [6.07, 6.45) is -7.30. The third-order valence-corrected chi connectivity index (χ3v) is 5.45. The van der Waals surface area contributed by atoms with Crippen LogP contribution in [0.4, 0.5) is 0 Å². The minimum atomic E-state index is -1.61. The van der Waals surface area contributed by atoms with Gasteiger partial charge in [0.15, 0.2) is 5.75 Å². The van der Waals surface area contributed by atoms with Crippen LogP contribution in [0.3, 0.4) is 0 Å². The Bertz CT molecular complexity index is 1190. The van der Waals surface area contributed by atoms with Crippen molar-refractivity contribution in [3.05, 3.63) is 58.4 Å². The summed E-state index contributed by atoms with van der Waals surface area (Å²) in [6, 6.07) is 11.1. The molecular weight excluding hydrogens is 452 g/mol. The third kappa shape index (κ3) is 4.65. The van der Waals surface area contributed by atoms with Gasteiger partial charge in [0.2, 0.25) is 12.0 Å². The largest absolute Gasteiger partial charge is 0.504 e. The summed E-state index contributed by atoms with van der Waals surface area (Å²) in [7, 11) is 1.55. The van der Waals surface area contributed by atoms with Crippen LogP contribution in [0.5, 0.6) is 23.0 Å². The van der Waals surface area contributed by atoms with E-state index in [2.05, 4.69) is 0 Å². The average molecular weight is 476 g/mol. The molecule has 11 nitrogen and oxygen atoms in total. The molecule has 0 radical (unpaired) electrons. The van der Waals surface area contributed by atoms with Gasteiger partial charge in [-0.2, -0.15) is 0 Å². The predicted molar refractivity (Wildman–Crippen MR) is 116 cm³/mol. The maximum atomic E-state index is 12.4. The lowest BCUT2D eigenvalue weighted by atomic mass is 9.99. The van der Waals surface area contributed by atoms with Gasteiger partial charge in [-0.15, -0.1) is 0 Å². The van der Waals surface area contributed by atoms with Crippen LogP contribution >= 0.6 is 0 Å². The number of aliphatic hydroxyl groups excluding tert-OH is 4. The Labute approximate surface area is 192 Å². The number of fused-ring (bicyclic) bond motifs is 1. The van der Waals surface area contributed by atoms with Crippen LogP contribution in [-0.4, -0.2) is 70.0 Å². The first kappa shape index (κ1) is 23.8. The Morgan fingerprint density at radius 2 is 1.68 bits per heavy atom. The van der Waals surface area contributed by atoms with Crippen molar-refractivity contribution >= 4 is 11.0 Å². The lowest BCUT2D eigenvalue weighted by Crippen LogP contribution is -2.60. The Kier molecular flexibility index (Phi) is 6.91. The number of aliphatic hydroxyl groups is 4. The first-order valence-corrected chi connectivity index (χ1v) is 10.3. The van der Waals surface area contributed by atoms with Gasteiger partial charge in [0.1, 0.15) is 48.1 Å². The lowest BCUT2D eigenvalue weighted by Gasteiger charge is -2.39. The highest BCUT2D eigenvalue weighted by atomic mass is 16.7. The molecule has 0 amide bonds. The van der Waals surface area contributed by atoms with Crippen molar-refractivity contribution in [2.75, 3.05) is 13.7 Å². The molecule has 5 atom stereocenters. The normalized spacial score (nSPS) is 24.7. The van der Waals surface area contributed by atoms with E-state index in [1.165, 1.54) is 18.2 Å². The van der Waals surface area contributed by atoms with E-state index in [1.54, 1.807) is 31.4 Å². The molecule has 0 saturated carbocycles. The van der Waals surface area contributed by atoms with Gasteiger partial charge in [-0.25, -0.2) is 4.79 Å². The van der Waals surface area contributed by atoms with Gasteiger partial charge >= 0.3 is 5.63 Å². The Morgan fingerprint density at radius 1 is 0.971 bits per heavy atom. The first-order valence-electron chi connectivity index (χ1n) is 10.3. The van der Waals surface area contributed by atoms with E-state index >= 15 is 0 Å². The summed E-state index contributed by atoms with van der Waals surface area (Å²) < 4.78 is 26.7. The SMILES string of the molecule is COc1ccc(COc2c(O)c3ccc(O[C@H]4O[C@H](CO)[C@@H](O)[C@H](O)[C@@H]4O)cc3oc2=O)cc1. The van der Waals surface area contributed by atoms with Crippen LogP contribution in [0.1, 0.15) is 5.56 Å². The van der Waals surface area contributed by atoms with Crippen LogP contribution in [0, 0.1) is 0 Å². The predicted octanol–water partition coefficient (Wildman–Crippen LogP) is 0.265. The van der Waals surface area contributed by atoms with Crippen molar-refractivity contribution in [2.45, 2.75) is 37.3 Å². The smallest absolute Gasteiger partial charge is 0.383 e. The van der Waals surface area contributed by atoms with Crippen LogP contribution in [0.2, 0.25) is 0 Å². The van der Waals surface area contributed by atoms with E-state index < -0.39 is 48.7 Å². The molecule has 4 rings (SSSR count). The maximum absolute atomic E-state index is 12.4. The zero-order valence-electron chi connectivity index (χ0n) is 18.0. The number of aromatic hydroxyl groups is 1. The molecule has 34 heavy (non-hydrogen) atoms. The highest BCUT2D eigenvalue weighted by molar-refractivity contribution is 5.86. The zero-order chi connectivity index (χ0) is 24.4.